The molecule has 0 aliphatic carbocycles. The number of nitrogens with one attached hydrogen (secondary N) is 3. The number of hydrogen-bond acceptors (Lipinski definition) is 4. The van der Waals surface area contributed by atoms with Crippen molar-refractivity contribution < 1.29 is 9.53 Å². The summed E-state index contributed by atoms with van der Waals surface area (Å²) in [6, 6.07) is 14.2. The molecular weight excluding hydrogens is 356 g/mol. The van der Waals surface area contributed by atoms with E-state index in [2.05, 4.69) is 5.32 Å². The van der Waals surface area contributed by atoms with Crippen molar-refractivity contribution in [1.29, 1.82) is 10.8 Å². The minimum absolute atomic E-state index is 0.0167. The van der Waals surface area contributed by atoms with Gasteiger partial charge in [0.1, 0.15) is 17.7 Å². The van der Waals surface area contributed by atoms with E-state index in [0.717, 1.165) is 24.3 Å². The maximum absolute atomic E-state index is 12.3. The molecule has 0 radical (unpaired) electrons. The minimum Gasteiger partial charge on any atom is -0.489 e. The lowest BCUT2D eigenvalue weighted by Gasteiger charge is -2.16. The number of carbonyl (C=O) groups excluding carboxylic acids is 1. The zero-order chi connectivity index (χ0) is 20.1. The third-order valence-electron chi connectivity index (χ3n) is 4.60. The molecule has 0 spiro atoms. The highest BCUT2D eigenvalue weighted by Gasteiger charge is 2.24. The van der Waals surface area contributed by atoms with Crippen LogP contribution in [-0.2, 0) is 6.54 Å². The van der Waals surface area contributed by atoms with Gasteiger partial charge in [-0.05, 0) is 29.8 Å². The standard InChI is InChI=1S/C20H24N6O2/c21-18(22)14-2-1-3-15(10-14)19(27)25-11-13-4-6-16(7-5-13)28-17-8-9-26(12-17)20(23)24/h1-7,10,17H,8-9,11-12H2,(H3,21,22)(H3,23,24)(H,25,27). The Morgan fingerprint density at radius 3 is 2.50 bits per heavy atom. The largest absolute Gasteiger partial charge is 0.489 e. The first-order chi connectivity index (χ1) is 13.4. The number of carbonyl (C=O) groups is 1. The van der Waals surface area contributed by atoms with Crippen molar-refractivity contribution in [2.45, 2.75) is 19.1 Å². The van der Waals surface area contributed by atoms with Gasteiger partial charge < -0.3 is 26.4 Å². The van der Waals surface area contributed by atoms with Gasteiger partial charge in [0, 0.05) is 30.6 Å². The molecule has 0 bridgehead atoms. The first-order valence-electron chi connectivity index (χ1n) is 8.99. The normalized spacial score (nSPS) is 15.9. The fourth-order valence-electron chi connectivity index (χ4n) is 3.03. The van der Waals surface area contributed by atoms with E-state index in [-0.39, 0.29) is 23.8 Å². The van der Waals surface area contributed by atoms with Crippen molar-refractivity contribution in [2.24, 2.45) is 11.5 Å². The van der Waals surface area contributed by atoms with E-state index >= 15 is 0 Å². The third-order valence-corrected chi connectivity index (χ3v) is 4.60. The summed E-state index contributed by atoms with van der Waals surface area (Å²) in [6.07, 6.45) is 0.847. The number of nitrogens with two attached hydrogens (primary N) is 2. The Bertz CT molecular complexity index is 881. The fraction of sp³-hybridized carbons (Fsp3) is 0.250. The van der Waals surface area contributed by atoms with Crippen molar-refractivity contribution in [1.82, 2.24) is 10.2 Å². The summed E-state index contributed by atoms with van der Waals surface area (Å²) in [5, 5.41) is 17.8. The lowest BCUT2D eigenvalue weighted by Crippen LogP contribution is -2.35. The van der Waals surface area contributed by atoms with Crippen LogP contribution in [0.15, 0.2) is 48.5 Å². The van der Waals surface area contributed by atoms with Crippen LogP contribution in [0.5, 0.6) is 5.75 Å². The molecule has 0 aromatic heterocycles. The summed E-state index contributed by atoms with van der Waals surface area (Å²) in [4.78, 5) is 14.1. The molecular formula is C20H24N6O2. The highest BCUT2D eigenvalue weighted by Crippen LogP contribution is 2.19. The van der Waals surface area contributed by atoms with Gasteiger partial charge in [0.05, 0.1) is 6.54 Å². The van der Waals surface area contributed by atoms with Crippen molar-refractivity contribution in [3.05, 3.63) is 65.2 Å². The van der Waals surface area contributed by atoms with Gasteiger partial charge in [-0.2, -0.15) is 0 Å². The van der Waals surface area contributed by atoms with E-state index in [1.165, 1.54) is 0 Å². The number of rotatable bonds is 6. The number of amides is 1. The number of guanidine groups is 1. The summed E-state index contributed by atoms with van der Waals surface area (Å²) >= 11 is 0. The lowest BCUT2D eigenvalue weighted by molar-refractivity contribution is 0.0951. The van der Waals surface area contributed by atoms with Gasteiger partial charge in [0.2, 0.25) is 0 Å². The lowest BCUT2D eigenvalue weighted by atomic mass is 10.1. The van der Waals surface area contributed by atoms with Gasteiger partial charge in [0.15, 0.2) is 5.96 Å². The van der Waals surface area contributed by atoms with Gasteiger partial charge in [0.25, 0.3) is 5.91 Å². The number of ether oxygens (including phenoxy) is 1. The van der Waals surface area contributed by atoms with Crippen LogP contribution in [0.1, 0.15) is 27.9 Å². The number of likely N-dealkylation sites (tertiary alicyclic amines) is 1. The summed E-state index contributed by atoms with van der Waals surface area (Å²) in [5.41, 5.74) is 12.9. The van der Waals surface area contributed by atoms with Crippen LogP contribution in [0.4, 0.5) is 0 Å². The maximum atomic E-state index is 12.3. The summed E-state index contributed by atoms with van der Waals surface area (Å²) in [5.74, 6) is 0.531. The van der Waals surface area contributed by atoms with Crippen LogP contribution in [-0.4, -0.2) is 41.8 Å². The number of benzene rings is 2. The van der Waals surface area contributed by atoms with E-state index in [0.29, 0.717) is 24.2 Å². The van der Waals surface area contributed by atoms with Crippen LogP contribution in [0.3, 0.4) is 0 Å². The molecule has 3 rings (SSSR count). The Morgan fingerprint density at radius 1 is 1.14 bits per heavy atom. The van der Waals surface area contributed by atoms with Crippen LogP contribution < -0.4 is 21.5 Å². The second-order valence-corrected chi connectivity index (χ2v) is 6.68. The van der Waals surface area contributed by atoms with Gasteiger partial charge >= 0.3 is 0 Å². The quantitative estimate of drug-likeness (QED) is 0.379. The molecule has 1 atom stereocenters. The molecule has 28 heavy (non-hydrogen) atoms. The number of amidine groups is 1. The Labute approximate surface area is 163 Å². The second-order valence-electron chi connectivity index (χ2n) is 6.68. The van der Waals surface area contributed by atoms with Crippen LogP contribution >= 0.6 is 0 Å². The zero-order valence-electron chi connectivity index (χ0n) is 15.4. The van der Waals surface area contributed by atoms with Crippen molar-refractivity contribution in [3.8, 4) is 5.75 Å². The molecule has 1 unspecified atom stereocenters. The molecule has 1 aliphatic rings. The van der Waals surface area contributed by atoms with E-state index in [9.17, 15) is 4.79 Å². The molecule has 0 saturated carbocycles. The average Bonchev–Trinajstić information content (AvgIpc) is 3.16. The number of hydrogen-bond donors (Lipinski definition) is 5. The highest BCUT2D eigenvalue weighted by atomic mass is 16.5. The van der Waals surface area contributed by atoms with E-state index in [1.807, 2.05) is 24.3 Å². The van der Waals surface area contributed by atoms with Crippen LogP contribution in [0, 0.1) is 10.8 Å². The van der Waals surface area contributed by atoms with Gasteiger partial charge in [-0.15, -0.1) is 0 Å². The molecule has 1 heterocycles. The molecule has 2 aromatic rings. The first kappa shape index (κ1) is 19.2. The van der Waals surface area contributed by atoms with Crippen LogP contribution in [0.25, 0.3) is 0 Å². The predicted molar refractivity (Wildman–Crippen MR) is 108 cm³/mol. The Balaban J connectivity index is 1.52. The fourth-order valence-corrected chi connectivity index (χ4v) is 3.03. The Morgan fingerprint density at radius 2 is 1.86 bits per heavy atom. The van der Waals surface area contributed by atoms with Gasteiger partial charge in [-0.3, -0.25) is 15.6 Å². The number of nitrogen functional groups attached to an aromatic ring is 1. The monoisotopic (exact) mass is 380 g/mol. The topological polar surface area (TPSA) is 141 Å². The third kappa shape index (κ3) is 4.79. The average molecular weight is 380 g/mol. The molecule has 2 aromatic carbocycles. The Hall–Kier alpha value is -3.55. The maximum Gasteiger partial charge on any atom is 0.251 e. The van der Waals surface area contributed by atoms with Crippen LogP contribution in [0.2, 0.25) is 0 Å². The molecule has 1 amide bonds. The summed E-state index contributed by atoms with van der Waals surface area (Å²) in [7, 11) is 0. The van der Waals surface area contributed by atoms with E-state index < -0.39 is 0 Å². The van der Waals surface area contributed by atoms with Gasteiger partial charge in [-0.1, -0.05) is 24.3 Å². The first-order valence-corrected chi connectivity index (χ1v) is 8.99. The molecule has 8 nitrogen and oxygen atoms in total. The molecule has 1 fully saturated rings. The van der Waals surface area contributed by atoms with Crippen molar-refractivity contribution in [3.63, 3.8) is 0 Å². The molecule has 1 aliphatic heterocycles. The zero-order valence-corrected chi connectivity index (χ0v) is 15.4. The predicted octanol–water partition coefficient (Wildman–Crippen LogP) is 1.25. The smallest absolute Gasteiger partial charge is 0.251 e. The number of nitrogens with zero attached hydrogens (tertiary/aromatic N) is 1. The SMILES string of the molecule is N=C(N)c1cccc(C(=O)NCc2ccc(OC3CCN(C(=N)N)C3)cc2)c1. The minimum atomic E-state index is -0.223. The molecule has 7 N–H and O–H groups in total. The molecule has 146 valence electrons. The van der Waals surface area contributed by atoms with E-state index in [4.69, 9.17) is 27.0 Å². The Kier molecular flexibility index (Phi) is 5.78. The van der Waals surface area contributed by atoms with E-state index in [1.54, 1.807) is 29.2 Å². The second kappa shape index (κ2) is 8.43. The molecule has 1 saturated heterocycles. The van der Waals surface area contributed by atoms with Crippen molar-refractivity contribution >= 4 is 17.7 Å². The van der Waals surface area contributed by atoms with Gasteiger partial charge in [-0.25, -0.2) is 0 Å². The summed E-state index contributed by atoms with van der Waals surface area (Å²) < 4.78 is 5.93. The molecule has 8 heteroatoms. The highest BCUT2D eigenvalue weighted by molar-refractivity contribution is 6.00. The van der Waals surface area contributed by atoms with Crippen molar-refractivity contribution in [2.75, 3.05) is 13.1 Å². The summed E-state index contributed by atoms with van der Waals surface area (Å²) in [6.45, 7) is 1.73.